The Kier molecular flexibility index (Phi) is 5.61. The van der Waals surface area contributed by atoms with Gasteiger partial charge in [-0.25, -0.2) is 4.79 Å². The van der Waals surface area contributed by atoms with Crippen LogP contribution >= 0.6 is 0 Å². The number of aromatic nitrogens is 1. The van der Waals surface area contributed by atoms with Gasteiger partial charge in [-0.3, -0.25) is 4.79 Å². The highest BCUT2D eigenvalue weighted by molar-refractivity contribution is 5.96. The van der Waals surface area contributed by atoms with Gasteiger partial charge in [-0.15, -0.1) is 0 Å². The van der Waals surface area contributed by atoms with E-state index in [9.17, 15) is 9.59 Å². The summed E-state index contributed by atoms with van der Waals surface area (Å²) in [5.74, 6) is 0.741. The van der Waals surface area contributed by atoms with E-state index in [2.05, 4.69) is 40.3 Å². The summed E-state index contributed by atoms with van der Waals surface area (Å²) in [5, 5.41) is 7.02. The molecule has 0 spiro atoms. The third-order valence-corrected chi connectivity index (χ3v) is 5.48. The maximum Gasteiger partial charge on any atom is 0.315 e. The Morgan fingerprint density at radius 1 is 1.17 bits per heavy atom. The molecule has 0 bridgehead atoms. The quantitative estimate of drug-likeness (QED) is 0.661. The molecule has 7 nitrogen and oxygen atoms in total. The van der Waals surface area contributed by atoms with E-state index in [0.717, 1.165) is 22.6 Å². The van der Waals surface area contributed by atoms with E-state index in [4.69, 9.17) is 4.74 Å². The number of nitrogens with one attached hydrogen (secondary N) is 2. The summed E-state index contributed by atoms with van der Waals surface area (Å²) in [6.45, 7) is 3.72. The fourth-order valence-corrected chi connectivity index (χ4v) is 3.98. The molecule has 7 heteroatoms. The molecule has 0 unspecified atom stereocenters. The van der Waals surface area contributed by atoms with Gasteiger partial charge < -0.3 is 24.8 Å². The number of anilines is 1. The number of hydrogen-bond acceptors (Lipinski definition) is 3. The van der Waals surface area contributed by atoms with Gasteiger partial charge in [-0.1, -0.05) is 18.2 Å². The SMILES string of the molecule is COc1ccc(N2C[C@H](NC(=O)NCCn3c(C)cc4ccccc43)CC2=O)cc1. The number of nitrogens with zero attached hydrogens (tertiary/aromatic N) is 2. The highest BCUT2D eigenvalue weighted by atomic mass is 16.5. The molecular weight excluding hydrogens is 380 g/mol. The Morgan fingerprint density at radius 3 is 2.70 bits per heavy atom. The lowest BCUT2D eigenvalue weighted by Crippen LogP contribution is -2.44. The first-order valence-electron chi connectivity index (χ1n) is 10.1. The lowest BCUT2D eigenvalue weighted by atomic mass is 10.2. The van der Waals surface area contributed by atoms with Crippen molar-refractivity contribution < 1.29 is 14.3 Å². The fraction of sp³-hybridized carbons (Fsp3) is 0.304. The van der Waals surface area contributed by atoms with Crippen molar-refractivity contribution in [2.24, 2.45) is 0 Å². The van der Waals surface area contributed by atoms with Crippen molar-refractivity contribution in [3.8, 4) is 5.75 Å². The third-order valence-electron chi connectivity index (χ3n) is 5.48. The fourth-order valence-electron chi connectivity index (χ4n) is 3.98. The van der Waals surface area contributed by atoms with E-state index in [1.807, 2.05) is 36.4 Å². The molecule has 1 aliphatic heterocycles. The normalized spacial score (nSPS) is 16.1. The van der Waals surface area contributed by atoms with E-state index >= 15 is 0 Å². The number of benzene rings is 2. The molecule has 156 valence electrons. The minimum absolute atomic E-state index is 0.0000902. The van der Waals surface area contributed by atoms with E-state index in [0.29, 0.717) is 26.1 Å². The van der Waals surface area contributed by atoms with Crippen molar-refractivity contribution in [2.45, 2.75) is 25.9 Å². The molecule has 2 aromatic carbocycles. The predicted octanol–water partition coefficient (Wildman–Crippen LogP) is 3.06. The van der Waals surface area contributed by atoms with Gasteiger partial charge in [0.05, 0.1) is 13.2 Å². The van der Waals surface area contributed by atoms with Gasteiger partial charge in [0.15, 0.2) is 0 Å². The van der Waals surface area contributed by atoms with Crippen LogP contribution in [0.3, 0.4) is 0 Å². The summed E-state index contributed by atoms with van der Waals surface area (Å²) in [5.41, 5.74) is 3.13. The second-order valence-electron chi connectivity index (χ2n) is 7.50. The molecule has 1 saturated heterocycles. The molecule has 3 aromatic rings. The minimum Gasteiger partial charge on any atom is -0.497 e. The second-order valence-corrected chi connectivity index (χ2v) is 7.50. The average Bonchev–Trinajstić information content (AvgIpc) is 3.27. The Labute approximate surface area is 175 Å². The number of hydrogen-bond donors (Lipinski definition) is 2. The standard InChI is InChI=1S/C23H26N4O3/c1-16-13-17-5-3-4-6-21(17)26(16)12-11-24-23(29)25-18-14-22(28)27(15-18)19-7-9-20(30-2)10-8-19/h3-10,13,18H,11-12,14-15H2,1-2H3,(H2,24,25,29)/t18-/m1/s1. The van der Waals surface area contributed by atoms with E-state index in [-0.39, 0.29) is 18.0 Å². The number of fused-ring (bicyclic) bond motifs is 1. The largest absolute Gasteiger partial charge is 0.497 e. The topological polar surface area (TPSA) is 75.6 Å². The Morgan fingerprint density at radius 2 is 1.93 bits per heavy atom. The summed E-state index contributed by atoms with van der Waals surface area (Å²) in [6, 6.07) is 17.2. The molecule has 0 saturated carbocycles. The average molecular weight is 406 g/mol. The summed E-state index contributed by atoms with van der Waals surface area (Å²) in [6.07, 6.45) is 0.292. The number of methoxy groups -OCH3 is 1. The molecule has 1 fully saturated rings. The van der Waals surface area contributed by atoms with Gasteiger partial charge in [0, 0.05) is 43.0 Å². The number of carbonyl (C=O) groups is 2. The molecule has 1 atom stereocenters. The zero-order valence-electron chi connectivity index (χ0n) is 17.2. The van der Waals surface area contributed by atoms with Gasteiger partial charge in [-0.2, -0.15) is 0 Å². The first-order valence-corrected chi connectivity index (χ1v) is 10.1. The maximum absolute atomic E-state index is 12.4. The minimum atomic E-state index is -0.251. The molecule has 0 radical (unpaired) electrons. The van der Waals surface area contributed by atoms with Crippen LogP contribution in [0.2, 0.25) is 0 Å². The first kappa shape index (κ1) is 19.8. The number of urea groups is 1. The van der Waals surface area contributed by atoms with Gasteiger partial charge in [0.1, 0.15) is 5.75 Å². The number of rotatable bonds is 6. The van der Waals surface area contributed by atoms with Gasteiger partial charge >= 0.3 is 6.03 Å². The van der Waals surface area contributed by atoms with Crippen LogP contribution in [-0.2, 0) is 11.3 Å². The Bertz CT molecular complexity index is 1060. The lowest BCUT2D eigenvalue weighted by Gasteiger charge is -2.18. The number of ether oxygens (including phenoxy) is 1. The van der Waals surface area contributed by atoms with Crippen molar-refractivity contribution >= 4 is 28.5 Å². The highest BCUT2D eigenvalue weighted by Gasteiger charge is 2.31. The number of amides is 3. The molecular formula is C23H26N4O3. The van der Waals surface area contributed by atoms with Crippen LogP contribution in [0.15, 0.2) is 54.6 Å². The summed E-state index contributed by atoms with van der Waals surface area (Å²) >= 11 is 0. The maximum atomic E-state index is 12.4. The van der Waals surface area contributed by atoms with Crippen LogP contribution < -0.4 is 20.3 Å². The molecule has 2 heterocycles. The highest BCUT2D eigenvalue weighted by Crippen LogP contribution is 2.24. The van der Waals surface area contributed by atoms with Crippen LogP contribution in [0.25, 0.3) is 10.9 Å². The summed E-state index contributed by atoms with van der Waals surface area (Å²) in [4.78, 5) is 26.4. The van der Waals surface area contributed by atoms with E-state index in [1.165, 1.54) is 5.39 Å². The van der Waals surface area contributed by atoms with Crippen molar-refractivity contribution in [3.05, 3.63) is 60.3 Å². The summed E-state index contributed by atoms with van der Waals surface area (Å²) in [7, 11) is 1.61. The second kappa shape index (κ2) is 8.49. The first-order chi connectivity index (χ1) is 14.5. The molecule has 3 amide bonds. The number of para-hydroxylation sites is 1. The van der Waals surface area contributed by atoms with Crippen molar-refractivity contribution in [1.29, 1.82) is 0 Å². The molecule has 1 aliphatic rings. The van der Waals surface area contributed by atoms with Crippen molar-refractivity contribution in [1.82, 2.24) is 15.2 Å². The predicted molar refractivity (Wildman–Crippen MR) is 117 cm³/mol. The van der Waals surface area contributed by atoms with Crippen molar-refractivity contribution in [2.75, 3.05) is 25.1 Å². The zero-order chi connectivity index (χ0) is 21.1. The molecule has 4 rings (SSSR count). The Balaban J connectivity index is 1.29. The van der Waals surface area contributed by atoms with Crippen LogP contribution in [0.5, 0.6) is 5.75 Å². The smallest absolute Gasteiger partial charge is 0.315 e. The number of carbonyl (C=O) groups excluding carboxylic acids is 2. The zero-order valence-corrected chi connectivity index (χ0v) is 17.2. The number of aryl methyl sites for hydroxylation is 1. The van der Waals surface area contributed by atoms with Gasteiger partial charge in [0.25, 0.3) is 0 Å². The third kappa shape index (κ3) is 4.10. The molecule has 1 aromatic heterocycles. The van der Waals surface area contributed by atoms with Crippen LogP contribution in [0, 0.1) is 6.92 Å². The van der Waals surface area contributed by atoms with E-state index in [1.54, 1.807) is 12.0 Å². The van der Waals surface area contributed by atoms with Crippen LogP contribution in [0.4, 0.5) is 10.5 Å². The van der Waals surface area contributed by atoms with Gasteiger partial charge in [-0.05, 0) is 48.7 Å². The monoisotopic (exact) mass is 406 g/mol. The molecule has 30 heavy (non-hydrogen) atoms. The Hall–Kier alpha value is -3.48. The van der Waals surface area contributed by atoms with Crippen LogP contribution in [0.1, 0.15) is 12.1 Å². The lowest BCUT2D eigenvalue weighted by molar-refractivity contribution is -0.117. The molecule has 2 N–H and O–H groups in total. The van der Waals surface area contributed by atoms with Gasteiger partial charge in [0.2, 0.25) is 5.91 Å². The van der Waals surface area contributed by atoms with E-state index < -0.39 is 0 Å². The van der Waals surface area contributed by atoms with Crippen LogP contribution in [-0.4, -0.2) is 42.7 Å². The van der Waals surface area contributed by atoms with Crippen molar-refractivity contribution in [3.63, 3.8) is 0 Å². The molecule has 0 aliphatic carbocycles. The summed E-state index contributed by atoms with van der Waals surface area (Å²) < 4.78 is 7.35.